The van der Waals surface area contributed by atoms with E-state index in [1.165, 1.54) is 12.1 Å². The zero-order valence-corrected chi connectivity index (χ0v) is 17.6. The van der Waals surface area contributed by atoms with Gasteiger partial charge in [-0.3, -0.25) is 4.79 Å². The van der Waals surface area contributed by atoms with E-state index in [1.807, 2.05) is 30.3 Å². The van der Waals surface area contributed by atoms with E-state index in [4.69, 9.17) is 0 Å². The average Bonchev–Trinajstić information content (AvgIpc) is 2.74. The van der Waals surface area contributed by atoms with Crippen molar-refractivity contribution in [2.75, 3.05) is 31.5 Å². The molecule has 0 radical (unpaired) electrons. The number of piperidine rings is 1. The Hall–Kier alpha value is -2.38. The summed E-state index contributed by atoms with van der Waals surface area (Å²) in [7, 11) is -3.49. The standard InChI is InChI=1S/C22H29N3O3S/c1-18-12-16-25(17-13-18)29(27,28)21-10-8-19(9-11-21)22(26)24-15-5-14-23-20-6-3-2-4-7-20/h2-4,6-11,18,23H,5,12-17H2,1H3,(H,24,26). The summed E-state index contributed by atoms with van der Waals surface area (Å²) in [4.78, 5) is 12.5. The molecule has 0 aromatic heterocycles. The molecule has 1 fully saturated rings. The molecule has 3 rings (SSSR count). The molecule has 0 saturated carbocycles. The van der Waals surface area contributed by atoms with Gasteiger partial charge in [-0.15, -0.1) is 0 Å². The number of hydrogen-bond donors (Lipinski definition) is 2. The highest BCUT2D eigenvalue weighted by molar-refractivity contribution is 7.89. The minimum atomic E-state index is -3.49. The first-order valence-electron chi connectivity index (χ1n) is 10.1. The van der Waals surface area contributed by atoms with Crippen LogP contribution in [0, 0.1) is 5.92 Å². The van der Waals surface area contributed by atoms with Gasteiger partial charge in [0.05, 0.1) is 4.90 Å². The number of sulfonamides is 1. The number of para-hydroxylation sites is 1. The van der Waals surface area contributed by atoms with Crippen LogP contribution in [-0.2, 0) is 10.0 Å². The fourth-order valence-corrected chi connectivity index (χ4v) is 4.80. The lowest BCUT2D eigenvalue weighted by Gasteiger charge is -2.29. The Labute approximate surface area is 173 Å². The first-order chi connectivity index (χ1) is 14.0. The van der Waals surface area contributed by atoms with Crippen LogP contribution in [0.15, 0.2) is 59.5 Å². The predicted octanol–water partition coefficient (Wildman–Crippen LogP) is 3.34. The van der Waals surface area contributed by atoms with Gasteiger partial charge in [0.25, 0.3) is 5.91 Å². The van der Waals surface area contributed by atoms with Crippen LogP contribution < -0.4 is 10.6 Å². The lowest BCUT2D eigenvalue weighted by molar-refractivity contribution is 0.0953. The van der Waals surface area contributed by atoms with E-state index in [2.05, 4.69) is 17.6 Å². The van der Waals surface area contributed by atoms with E-state index in [-0.39, 0.29) is 10.8 Å². The molecule has 0 atom stereocenters. The fourth-order valence-electron chi connectivity index (χ4n) is 3.33. The molecule has 2 aromatic rings. The quantitative estimate of drug-likeness (QED) is 0.648. The van der Waals surface area contributed by atoms with E-state index < -0.39 is 10.0 Å². The Morgan fingerprint density at radius 1 is 1.00 bits per heavy atom. The number of benzene rings is 2. The monoisotopic (exact) mass is 415 g/mol. The van der Waals surface area contributed by atoms with Crippen LogP contribution in [0.3, 0.4) is 0 Å². The number of amides is 1. The Morgan fingerprint density at radius 2 is 1.66 bits per heavy atom. The Morgan fingerprint density at radius 3 is 2.31 bits per heavy atom. The van der Waals surface area contributed by atoms with Crippen LogP contribution in [0.4, 0.5) is 5.69 Å². The van der Waals surface area contributed by atoms with Crippen LogP contribution in [0.5, 0.6) is 0 Å². The van der Waals surface area contributed by atoms with Gasteiger partial charge in [0.1, 0.15) is 0 Å². The second kappa shape index (κ2) is 9.89. The zero-order chi connectivity index (χ0) is 20.7. The summed E-state index contributed by atoms with van der Waals surface area (Å²) < 4.78 is 27.1. The van der Waals surface area contributed by atoms with Crippen molar-refractivity contribution in [2.45, 2.75) is 31.1 Å². The Kier molecular flexibility index (Phi) is 7.28. The third-order valence-electron chi connectivity index (χ3n) is 5.24. The molecule has 1 saturated heterocycles. The molecule has 2 aromatic carbocycles. The molecule has 1 aliphatic heterocycles. The van der Waals surface area contributed by atoms with Gasteiger partial charge in [-0.05, 0) is 61.6 Å². The summed E-state index contributed by atoms with van der Waals surface area (Å²) in [5, 5.41) is 6.17. The highest BCUT2D eigenvalue weighted by atomic mass is 32.2. The number of carbonyl (C=O) groups excluding carboxylic acids is 1. The van der Waals surface area contributed by atoms with Gasteiger partial charge < -0.3 is 10.6 Å². The van der Waals surface area contributed by atoms with Crippen molar-refractivity contribution in [1.82, 2.24) is 9.62 Å². The molecule has 1 heterocycles. The third kappa shape index (κ3) is 5.81. The minimum Gasteiger partial charge on any atom is -0.385 e. The molecule has 0 spiro atoms. The second-order valence-electron chi connectivity index (χ2n) is 7.51. The van der Waals surface area contributed by atoms with Crippen molar-refractivity contribution in [3.05, 3.63) is 60.2 Å². The van der Waals surface area contributed by atoms with Gasteiger partial charge in [0.2, 0.25) is 10.0 Å². The summed E-state index contributed by atoms with van der Waals surface area (Å²) in [5.41, 5.74) is 1.52. The highest BCUT2D eigenvalue weighted by Crippen LogP contribution is 2.23. The summed E-state index contributed by atoms with van der Waals surface area (Å²) >= 11 is 0. The largest absolute Gasteiger partial charge is 0.385 e. The highest BCUT2D eigenvalue weighted by Gasteiger charge is 2.28. The summed E-state index contributed by atoms with van der Waals surface area (Å²) in [6, 6.07) is 16.1. The van der Waals surface area contributed by atoms with E-state index in [1.54, 1.807) is 16.4 Å². The van der Waals surface area contributed by atoms with Crippen molar-refractivity contribution < 1.29 is 13.2 Å². The third-order valence-corrected chi connectivity index (χ3v) is 7.15. The molecule has 0 aliphatic carbocycles. The maximum Gasteiger partial charge on any atom is 0.251 e. The van der Waals surface area contributed by atoms with Gasteiger partial charge in [-0.25, -0.2) is 8.42 Å². The van der Waals surface area contributed by atoms with E-state index in [9.17, 15) is 13.2 Å². The number of carbonyl (C=O) groups is 1. The second-order valence-corrected chi connectivity index (χ2v) is 9.45. The lowest BCUT2D eigenvalue weighted by Crippen LogP contribution is -2.37. The molecule has 1 amide bonds. The molecule has 7 heteroatoms. The summed E-state index contributed by atoms with van der Waals surface area (Å²) in [6.45, 7) is 4.57. The van der Waals surface area contributed by atoms with Gasteiger partial charge in [0.15, 0.2) is 0 Å². The first-order valence-corrected chi connectivity index (χ1v) is 11.6. The maximum absolute atomic E-state index is 12.8. The average molecular weight is 416 g/mol. The predicted molar refractivity (Wildman–Crippen MR) is 115 cm³/mol. The molecule has 1 aliphatic rings. The van der Waals surface area contributed by atoms with Gasteiger partial charge in [-0.2, -0.15) is 4.31 Å². The van der Waals surface area contributed by atoms with Crippen LogP contribution in [0.2, 0.25) is 0 Å². The van der Waals surface area contributed by atoms with Crippen molar-refractivity contribution >= 4 is 21.6 Å². The summed E-state index contributed by atoms with van der Waals surface area (Å²) in [6.07, 6.45) is 2.57. The normalized spacial score (nSPS) is 15.8. The molecule has 0 unspecified atom stereocenters. The number of hydrogen-bond acceptors (Lipinski definition) is 4. The van der Waals surface area contributed by atoms with E-state index in [0.717, 1.165) is 31.5 Å². The molecule has 156 valence electrons. The van der Waals surface area contributed by atoms with E-state index >= 15 is 0 Å². The first kappa shape index (κ1) is 21.3. The van der Waals surface area contributed by atoms with Crippen LogP contribution in [0.1, 0.15) is 36.5 Å². The minimum absolute atomic E-state index is 0.194. The van der Waals surface area contributed by atoms with Gasteiger partial charge in [-0.1, -0.05) is 25.1 Å². The molecule has 6 nitrogen and oxygen atoms in total. The molecule has 29 heavy (non-hydrogen) atoms. The molecular formula is C22H29N3O3S. The smallest absolute Gasteiger partial charge is 0.251 e. The maximum atomic E-state index is 12.8. The van der Waals surface area contributed by atoms with Crippen molar-refractivity contribution in [1.29, 1.82) is 0 Å². The van der Waals surface area contributed by atoms with E-state index in [0.29, 0.717) is 31.1 Å². The molecular weight excluding hydrogens is 386 g/mol. The molecule has 2 N–H and O–H groups in total. The van der Waals surface area contributed by atoms with Gasteiger partial charge >= 0.3 is 0 Å². The van der Waals surface area contributed by atoms with Crippen molar-refractivity contribution in [2.24, 2.45) is 5.92 Å². The van der Waals surface area contributed by atoms with Gasteiger partial charge in [0, 0.05) is 37.4 Å². The number of anilines is 1. The van der Waals surface area contributed by atoms with Crippen LogP contribution in [-0.4, -0.2) is 44.8 Å². The number of nitrogens with one attached hydrogen (secondary N) is 2. The number of nitrogens with zero attached hydrogens (tertiary/aromatic N) is 1. The van der Waals surface area contributed by atoms with Crippen LogP contribution >= 0.6 is 0 Å². The lowest BCUT2D eigenvalue weighted by atomic mass is 10.0. The Bertz CT molecular complexity index is 891. The molecule has 0 bridgehead atoms. The van der Waals surface area contributed by atoms with Crippen molar-refractivity contribution in [3.8, 4) is 0 Å². The van der Waals surface area contributed by atoms with Crippen LogP contribution in [0.25, 0.3) is 0 Å². The SMILES string of the molecule is CC1CCN(S(=O)(=O)c2ccc(C(=O)NCCCNc3ccccc3)cc2)CC1. The fraction of sp³-hybridized carbons (Fsp3) is 0.409. The number of rotatable bonds is 8. The Balaban J connectivity index is 1.47. The topological polar surface area (TPSA) is 78.5 Å². The zero-order valence-electron chi connectivity index (χ0n) is 16.8. The van der Waals surface area contributed by atoms with Crippen molar-refractivity contribution in [3.63, 3.8) is 0 Å². The summed E-state index contributed by atoms with van der Waals surface area (Å²) in [5.74, 6) is 0.371.